The van der Waals surface area contributed by atoms with Crippen molar-refractivity contribution in [2.45, 2.75) is 4.90 Å². The van der Waals surface area contributed by atoms with Gasteiger partial charge >= 0.3 is 0 Å². The van der Waals surface area contributed by atoms with E-state index in [-0.39, 0.29) is 10.7 Å². The van der Waals surface area contributed by atoms with Crippen LogP contribution in [0.5, 0.6) is 0 Å². The zero-order valence-electron chi connectivity index (χ0n) is 11.5. The van der Waals surface area contributed by atoms with Gasteiger partial charge in [0.2, 0.25) is 10.0 Å². The van der Waals surface area contributed by atoms with Gasteiger partial charge in [0.1, 0.15) is 4.90 Å². The number of aryl methyl sites for hydroxylation is 1. The van der Waals surface area contributed by atoms with E-state index in [2.05, 4.69) is 9.82 Å². The number of ether oxygens (including phenoxy) is 1. The molecule has 0 aliphatic carbocycles. The summed E-state index contributed by atoms with van der Waals surface area (Å²) in [7, 11) is 1.54. The molecule has 0 spiro atoms. The molecule has 0 amide bonds. The van der Waals surface area contributed by atoms with Crippen LogP contribution in [0.25, 0.3) is 0 Å². The molecule has 0 aliphatic heterocycles. The third kappa shape index (κ3) is 4.78. The number of nitrogens with one attached hydrogen (secondary N) is 1. The van der Waals surface area contributed by atoms with E-state index in [1.54, 1.807) is 14.2 Å². The highest BCUT2D eigenvalue weighted by atomic mass is 32.2. The maximum Gasteiger partial charge on any atom is 0.245 e. The quantitative estimate of drug-likeness (QED) is 0.627. The molecule has 0 saturated heterocycles. The monoisotopic (exact) mass is 291 g/mol. The molecule has 0 bridgehead atoms. The number of nitrogen functional groups attached to an aromatic ring is 1. The van der Waals surface area contributed by atoms with E-state index in [1.807, 2.05) is 11.9 Å². The summed E-state index contributed by atoms with van der Waals surface area (Å²) < 4.78 is 32.8. The van der Waals surface area contributed by atoms with E-state index in [1.165, 1.54) is 10.9 Å². The normalized spacial score (nSPS) is 12.2. The summed E-state index contributed by atoms with van der Waals surface area (Å²) >= 11 is 0. The van der Waals surface area contributed by atoms with Crippen LogP contribution in [0.1, 0.15) is 0 Å². The minimum Gasteiger partial charge on any atom is -0.383 e. The van der Waals surface area contributed by atoms with Crippen molar-refractivity contribution in [2.75, 3.05) is 46.1 Å². The molecule has 3 N–H and O–H groups in total. The second-order valence-electron chi connectivity index (χ2n) is 4.25. The molecule has 1 rings (SSSR count). The molecule has 0 radical (unpaired) electrons. The maximum atomic E-state index is 12.0. The van der Waals surface area contributed by atoms with E-state index in [4.69, 9.17) is 10.5 Å². The predicted octanol–water partition coefficient (Wildman–Crippen LogP) is -1.14. The highest BCUT2D eigenvalue weighted by molar-refractivity contribution is 7.89. The number of hydrogen-bond acceptors (Lipinski definition) is 6. The minimum absolute atomic E-state index is 0.00253. The summed E-state index contributed by atoms with van der Waals surface area (Å²) in [4.78, 5) is 1.98. The highest BCUT2D eigenvalue weighted by Crippen LogP contribution is 2.14. The molecule has 19 heavy (non-hydrogen) atoms. The number of likely N-dealkylation sites (N-methyl/N-ethyl adjacent to an activating group) is 1. The van der Waals surface area contributed by atoms with Gasteiger partial charge in [0.15, 0.2) is 5.82 Å². The Morgan fingerprint density at radius 3 is 2.74 bits per heavy atom. The van der Waals surface area contributed by atoms with Crippen LogP contribution in [-0.4, -0.2) is 63.5 Å². The summed E-state index contributed by atoms with van der Waals surface area (Å²) in [5.74, 6) is 0.00253. The SMILES string of the molecule is COCCN(C)CCNS(=O)(=O)c1cn(C)nc1N. The molecule has 0 aliphatic rings. The van der Waals surface area contributed by atoms with Crippen LogP contribution in [0.15, 0.2) is 11.1 Å². The Hall–Kier alpha value is -1.16. The van der Waals surface area contributed by atoms with Crippen molar-refractivity contribution < 1.29 is 13.2 Å². The standard InChI is InChI=1S/C10H21N5O3S/c1-14(6-7-18-3)5-4-12-19(16,17)9-8-15(2)13-10(9)11/h8,12H,4-7H2,1-3H3,(H2,11,13). The fraction of sp³-hybridized carbons (Fsp3) is 0.700. The Labute approximate surface area is 113 Å². The summed E-state index contributed by atoms with van der Waals surface area (Å²) in [6, 6.07) is 0. The lowest BCUT2D eigenvalue weighted by Crippen LogP contribution is -2.34. The second-order valence-corrected chi connectivity index (χ2v) is 5.98. The number of sulfonamides is 1. The Bertz CT molecular complexity index is 499. The van der Waals surface area contributed by atoms with E-state index < -0.39 is 10.0 Å². The number of rotatable bonds is 8. The van der Waals surface area contributed by atoms with Crippen molar-refractivity contribution in [3.05, 3.63) is 6.20 Å². The Balaban J connectivity index is 2.50. The van der Waals surface area contributed by atoms with Crippen LogP contribution in [0.3, 0.4) is 0 Å². The summed E-state index contributed by atoms with van der Waals surface area (Å²) in [5, 5.41) is 3.81. The van der Waals surface area contributed by atoms with Crippen molar-refractivity contribution in [3.63, 3.8) is 0 Å². The van der Waals surface area contributed by atoms with Gasteiger partial charge in [-0.25, -0.2) is 13.1 Å². The average Bonchev–Trinajstić information content (AvgIpc) is 2.66. The topological polar surface area (TPSA) is 102 Å². The van der Waals surface area contributed by atoms with Gasteiger partial charge in [0.25, 0.3) is 0 Å². The average molecular weight is 291 g/mol. The molecule has 1 aromatic heterocycles. The molecule has 1 aromatic rings. The molecule has 1 heterocycles. The minimum atomic E-state index is -3.60. The number of nitrogens with two attached hydrogens (primary N) is 1. The van der Waals surface area contributed by atoms with E-state index in [9.17, 15) is 8.42 Å². The van der Waals surface area contributed by atoms with Crippen LogP contribution < -0.4 is 10.5 Å². The van der Waals surface area contributed by atoms with Gasteiger partial charge in [0, 0.05) is 40.0 Å². The molecule has 8 nitrogen and oxygen atoms in total. The summed E-state index contributed by atoms with van der Waals surface area (Å²) in [5.41, 5.74) is 5.55. The van der Waals surface area contributed by atoms with Gasteiger partial charge in [-0.05, 0) is 7.05 Å². The number of methoxy groups -OCH3 is 1. The Morgan fingerprint density at radius 1 is 1.53 bits per heavy atom. The first kappa shape index (κ1) is 15.9. The third-order valence-corrected chi connectivity index (χ3v) is 4.05. The van der Waals surface area contributed by atoms with Gasteiger partial charge in [-0.2, -0.15) is 5.10 Å². The predicted molar refractivity (Wildman–Crippen MR) is 72.2 cm³/mol. The van der Waals surface area contributed by atoms with Crippen LogP contribution in [0.4, 0.5) is 5.82 Å². The lowest BCUT2D eigenvalue weighted by Gasteiger charge is -2.16. The van der Waals surface area contributed by atoms with Crippen molar-refractivity contribution in [1.82, 2.24) is 19.4 Å². The maximum absolute atomic E-state index is 12.0. The fourth-order valence-electron chi connectivity index (χ4n) is 1.50. The first-order valence-corrected chi connectivity index (χ1v) is 7.31. The zero-order chi connectivity index (χ0) is 14.5. The van der Waals surface area contributed by atoms with Gasteiger partial charge < -0.3 is 15.4 Å². The number of anilines is 1. The van der Waals surface area contributed by atoms with E-state index in [0.717, 1.165) is 6.54 Å². The van der Waals surface area contributed by atoms with Crippen LogP contribution in [0, 0.1) is 0 Å². The van der Waals surface area contributed by atoms with Crippen molar-refractivity contribution in [3.8, 4) is 0 Å². The van der Waals surface area contributed by atoms with Crippen molar-refractivity contribution in [1.29, 1.82) is 0 Å². The summed E-state index contributed by atoms with van der Waals surface area (Å²) in [6.07, 6.45) is 1.38. The van der Waals surface area contributed by atoms with Gasteiger partial charge in [-0.15, -0.1) is 0 Å². The number of hydrogen-bond donors (Lipinski definition) is 2. The molecule has 9 heteroatoms. The Kier molecular flexibility index (Phi) is 5.73. The molecular weight excluding hydrogens is 270 g/mol. The summed E-state index contributed by atoms with van der Waals surface area (Å²) in [6.45, 7) is 2.24. The molecule has 0 saturated carbocycles. The number of aromatic nitrogens is 2. The largest absolute Gasteiger partial charge is 0.383 e. The molecule has 110 valence electrons. The van der Waals surface area contributed by atoms with Gasteiger partial charge in [-0.3, -0.25) is 4.68 Å². The zero-order valence-corrected chi connectivity index (χ0v) is 12.3. The Morgan fingerprint density at radius 2 is 2.21 bits per heavy atom. The molecule has 0 fully saturated rings. The smallest absolute Gasteiger partial charge is 0.245 e. The molecule has 0 atom stereocenters. The lowest BCUT2D eigenvalue weighted by molar-refractivity contribution is 0.162. The van der Waals surface area contributed by atoms with Gasteiger partial charge in [-0.1, -0.05) is 0 Å². The highest BCUT2D eigenvalue weighted by Gasteiger charge is 2.20. The van der Waals surface area contributed by atoms with Crippen molar-refractivity contribution in [2.24, 2.45) is 7.05 Å². The van der Waals surface area contributed by atoms with E-state index >= 15 is 0 Å². The number of nitrogens with zero attached hydrogens (tertiary/aromatic N) is 3. The first-order valence-electron chi connectivity index (χ1n) is 5.83. The first-order chi connectivity index (χ1) is 8.86. The lowest BCUT2D eigenvalue weighted by atomic mass is 10.5. The second kappa shape index (κ2) is 6.85. The van der Waals surface area contributed by atoms with Crippen molar-refractivity contribution >= 4 is 15.8 Å². The van der Waals surface area contributed by atoms with E-state index in [0.29, 0.717) is 19.7 Å². The molecular formula is C10H21N5O3S. The van der Waals surface area contributed by atoms with Gasteiger partial charge in [0.05, 0.1) is 6.61 Å². The third-order valence-electron chi connectivity index (χ3n) is 2.57. The van der Waals surface area contributed by atoms with Crippen LogP contribution >= 0.6 is 0 Å². The fourth-order valence-corrected chi connectivity index (χ4v) is 2.62. The van der Waals surface area contributed by atoms with Crippen LogP contribution in [-0.2, 0) is 21.8 Å². The molecule has 0 unspecified atom stereocenters. The van der Waals surface area contributed by atoms with Crippen LogP contribution in [0.2, 0.25) is 0 Å². The molecule has 0 aromatic carbocycles.